The van der Waals surface area contributed by atoms with Crippen LogP contribution >= 0.6 is 0 Å². The molecule has 2 nitrogen and oxygen atoms in total. The standard InChI is InChI=1S/C21H28FNO/c1-2-3-4-5-13-24-21-8-6-7-17(15-21)14-19(16-23)18-9-11-20(22)12-10-18/h6-12,15,19H,2-5,13-14,16,23H2,1H3. The van der Waals surface area contributed by atoms with Crippen LogP contribution in [0.2, 0.25) is 0 Å². The van der Waals surface area contributed by atoms with Gasteiger partial charge in [-0.2, -0.15) is 0 Å². The van der Waals surface area contributed by atoms with Crippen molar-refractivity contribution < 1.29 is 9.13 Å². The molecule has 1 unspecified atom stereocenters. The summed E-state index contributed by atoms with van der Waals surface area (Å²) in [5.41, 5.74) is 8.20. The topological polar surface area (TPSA) is 35.2 Å². The van der Waals surface area contributed by atoms with E-state index >= 15 is 0 Å². The minimum Gasteiger partial charge on any atom is -0.494 e. The Morgan fingerprint density at radius 3 is 2.54 bits per heavy atom. The Labute approximate surface area is 144 Å². The first-order valence-electron chi connectivity index (χ1n) is 8.90. The third kappa shape index (κ3) is 5.97. The first-order valence-corrected chi connectivity index (χ1v) is 8.90. The summed E-state index contributed by atoms with van der Waals surface area (Å²) in [4.78, 5) is 0. The van der Waals surface area contributed by atoms with Crippen molar-refractivity contribution in [2.75, 3.05) is 13.2 Å². The third-order valence-corrected chi connectivity index (χ3v) is 4.27. The van der Waals surface area contributed by atoms with E-state index in [-0.39, 0.29) is 11.7 Å². The number of rotatable bonds is 10. The molecule has 2 rings (SSSR count). The molecule has 3 heteroatoms. The van der Waals surface area contributed by atoms with E-state index in [2.05, 4.69) is 19.1 Å². The highest BCUT2D eigenvalue weighted by molar-refractivity contribution is 5.31. The average Bonchev–Trinajstić information content (AvgIpc) is 2.61. The fourth-order valence-corrected chi connectivity index (χ4v) is 2.84. The van der Waals surface area contributed by atoms with Gasteiger partial charge in [0.1, 0.15) is 11.6 Å². The molecular formula is C21H28FNO. The van der Waals surface area contributed by atoms with E-state index < -0.39 is 0 Å². The van der Waals surface area contributed by atoms with E-state index in [1.54, 1.807) is 0 Å². The molecule has 0 aliphatic rings. The average molecular weight is 329 g/mol. The fraction of sp³-hybridized carbons (Fsp3) is 0.429. The van der Waals surface area contributed by atoms with E-state index in [1.165, 1.54) is 37.0 Å². The Morgan fingerprint density at radius 1 is 1.04 bits per heavy atom. The van der Waals surface area contributed by atoms with Crippen LogP contribution < -0.4 is 10.5 Å². The van der Waals surface area contributed by atoms with Crippen LogP contribution in [0.15, 0.2) is 48.5 Å². The molecule has 0 spiro atoms. The highest BCUT2D eigenvalue weighted by Crippen LogP contribution is 2.23. The van der Waals surface area contributed by atoms with Gasteiger partial charge in [-0.25, -0.2) is 4.39 Å². The van der Waals surface area contributed by atoms with Crippen LogP contribution in [0.3, 0.4) is 0 Å². The molecule has 24 heavy (non-hydrogen) atoms. The molecule has 0 radical (unpaired) electrons. The first kappa shape index (κ1) is 18.5. The zero-order valence-electron chi connectivity index (χ0n) is 14.5. The molecule has 0 heterocycles. The minimum atomic E-state index is -0.215. The summed E-state index contributed by atoms with van der Waals surface area (Å²) in [6.07, 6.45) is 5.64. The Morgan fingerprint density at radius 2 is 1.83 bits per heavy atom. The molecular weight excluding hydrogens is 301 g/mol. The molecule has 0 aromatic heterocycles. The van der Waals surface area contributed by atoms with Gasteiger partial charge in [0.05, 0.1) is 6.61 Å². The van der Waals surface area contributed by atoms with Crippen LogP contribution in [0.1, 0.15) is 49.7 Å². The zero-order valence-corrected chi connectivity index (χ0v) is 14.5. The van der Waals surface area contributed by atoms with Gasteiger partial charge < -0.3 is 10.5 Å². The van der Waals surface area contributed by atoms with Crippen molar-refractivity contribution in [3.8, 4) is 5.75 Å². The van der Waals surface area contributed by atoms with Gasteiger partial charge in [-0.3, -0.25) is 0 Å². The van der Waals surface area contributed by atoms with Gasteiger partial charge in [0.15, 0.2) is 0 Å². The lowest BCUT2D eigenvalue weighted by atomic mass is 9.92. The van der Waals surface area contributed by atoms with E-state index in [4.69, 9.17) is 10.5 Å². The van der Waals surface area contributed by atoms with Crippen molar-refractivity contribution in [1.29, 1.82) is 0 Å². The summed E-state index contributed by atoms with van der Waals surface area (Å²) < 4.78 is 18.9. The van der Waals surface area contributed by atoms with E-state index in [9.17, 15) is 4.39 Å². The van der Waals surface area contributed by atoms with Crippen LogP contribution in [-0.2, 0) is 6.42 Å². The summed E-state index contributed by atoms with van der Waals surface area (Å²) in [6, 6.07) is 14.8. The number of halogens is 1. The fourth-order valence-electron chi connectivity index (χ4n) is 2.84. The van der Waals surface area contributed by atoms with Crippen LogP contribution in [-0.4, -0.2) is 13.2 Å². The van der Waals surface area contributed by atoms with Crippen molar-refractivity contribution in [3.05, 3.63) is 65.5 Å². The maximum atomic E-state index is 13.1. The molecule has 0 bridgehead atoms. The quantitative estimate of drug-likeness (QED) is 0.618. The van der Waals surface area contributed by atoms with Crippen molar-refractivity contribution in [2.45, 2.75) is 44.9 Å². The van der Waals surface area contributed by atoms with Crippen LogP contribution in [0.4, 0.5) is 4.39 Å². The third-order valence-electron chi connectivity index (χ3n) is 4.27. The predicted octanol–water partition coefficient (Wildman–Crippen LogP) is 5.07. The second-order valence-electron chi connectivity index (χ2n) is 6.24. The van der Waals surface area contributed by atoms with Gasteiger partial charge in [-0.1, -0.05) is 50.5 Å². The summed E-state index contributed by atoms with van der Waals surface area (Å²) in [5.74, 6) is 0.886. The lowest BCUT2D eigenvalue weighted by Crippen LogP contribution is -2.15. The van der Waals surface area contributed by atoms with E-state index in [0.717, 1.165) is 30.8 Å². The molecule has 0 aliphatic heterocycles. The van der Waals surface area contributed by atoms with Crippen molar-refractivity contribution in [3.63, 3.8) is 0 Å². The molecule has 2 aromatic rings. The lowest BCUT2D eigenvalue weighted by Gasteiger charge is -2.16. The van der Waals surface area contributed by atoms with Crippen LogP contribution in [0.25, 0.3) is 0 Å². The maximum absolute atomic E-state index is 13.1. The van der Waals surface area contributed by atoms with E-state index in [0.29, 0.717) is 6.54 Å². The lowest BCUT2D eigenvalue weighted by molar-refractivity contribution is 0.304. The van der Waals surface area contributed by atoms with Crippen molar-refractivity contribution in [1.82, 2.24) is 0 Å². The molecule has 2 aromatic carbocycles. The highest BCUT2D eigenvalue weighted by Gasteiger charge is 2.11. The molecule has 2 N–H and O–H groups in total. The molecule has 0 aliphatic carbocycles. The molecule has 0 fully saturated rings. The van der Waals surface area contributed by atoms with Crippen molar-refractivity contribution >= 4 is 0 Å². The maximum Gasteiger partial charge on any atom is 0.123 e. The second-order valence-corrected chi connectivity index (χ2v) is 6.24. The van der Waals surface area contributed by atoms with Gasteiger partial charge in [0.25, 0.3) is 0 Å². The summed E-state index contributed by atoms with van der Waals surface area (Å²) in [7, 11) is 0. The smallest absolute Gasteiger partial charge is 0.123 e. The monoisotopic (exact) mass is 329 g/mol. The van der Waals surface area contributed by atoms with Crippen LogP contribution in [0.5, 0.6) is 5.75 Å². The second kappa shape index (κ2) is 10.1. The Balaban J connectivity index is 1.93. The summed E-state index contributed by atoms with van der Waals surface area (Å²) in [5, 5.41) is 0. The number of benzene rings is 2. The molecule has 1 atom stereocenters. The van der Waals surface area contributed by atoms with Crippen molar-refractivity contribution in [2.24, 2.45) is 5.73 Å². The van der Waals surface area contributed by atoms with Gasteiger partial charge in [-0.05, 0) is 54.8 Å². The Hall–Kier alpha value is -1.87. The minimum absolute atomic E-state index is 0.186. The molecule has 0 saturated carbocycles. The first-order chi connectivity index (χ1) is 11.7. The number of hydrogen-bond acceptors (Lipinski definition) is 2. The number of unbranched alkanes of at least 4 members (excludes halogenated alkanes) is 3. The Kier molecular flexibility index (Phi) is 7.76. The molecule has 0 saturated heterocycles. The summed E-state index contributed by atoms with van der Waals surface area (Å²) >= 11 is 0. The Bertz CT molecular complexity index is 597. The number of ether oxygens (including phenoxy) is 1. The predicted molar refractivity (Wildman–Crippen MR) is 98.0 cm³/mol. The van der Waals surface area contributed by atoms with E-state index in [1.807, 2.05) is 24.3 Å². The number of nitrogens with two attached hydrogens (primary N) is 1. The molecule has 130 valence electrons. The highest BCUT2D eigenvalue weighted by atomic mass is 19.1. The normalized spacial score (nSPS) is 12.1. The van der Waals surface area contributed by atoms with Gasteiger partial charge in [-0.15, -0.1) is 0 Å². The number of hydrogen-bond donors (Lipinski definition) is 1. The van der Waals surface area contributed by atoms with Gasteiger partial charge >= 0.3 is 0 Å². The molecule has 0 amide bonds. The van der Waals surface area contributed by atoms with Gasteiger partial charge in [0.2, 0.25) is 0 Å². The zero-order chi connectivity index (χ0) is 17.2. The SMILES string of the molecule is CCCCCCOc1cccc(CC(CN)c2ccc(F)cc2)c1. The van der Waals surface area contributed by atoms with Crippen LogP contribution in [0, 0.1) is 5.82 Å². The van der Waals surface area contributed by atoms with Gasteiger partial charge in [0, 0.05) is 5.92 Å². The largest absolute Gasteiger partial charge is 0.494 e. The summed E-state index contributed by atoms with van der Waals surface area (Å²) in [6.45, 7) is 3.51.